The fourth-order valence-electron chi connectivity index (χ4n) is 3.05. The van der Waals surface area contributed by atoms with E-state index >= 15 is 0 Å². The Bertz CT molecular complexity index is 413. The predicted octanol–water partition coefficient (Wildman–Crippen LogP) is 1.45. The second-order valence-corrected chi connectivity index (χ2v) is 7.29. The zero-order valence-corrected chi connectivity index (χ0v) is 14.2. The molecule has 6 nitrogen and oxygen atoms in total. The van der Waals surface area contributed by atoms with E-state index in [0.717, 1.165) is 45.6 Å². The Balaban J connectivity index is 1.70. The maximum atomic E-state index is 11.9. The van der Waals surface area contributed by atoms with E-state index in [2.05, 4.69) is 17.1 Å². The van der Waals surface area contributed by atoms with Gasteiger partial charge in [0, 0.05) is 26.2 Å². The maximum absolute atomic E-state index is 11.9. The molecule has 2 heterocycles. The number of nitrogens with one attached hydrogen (secondary N) is 1. The third-order valence-electron chi connectivity index (χ3n) is 4.26. The SMILES string of the molecule is CCC1C(=O)NCCN1CCC1CN(C(=O)OC(C)(C)C)C1. The average molecular weight is 311 g/mol. The molecule has 0 aromatic carbocycles. The number of amides is 2. The van der Waals surface area contributed by atoms with Gasteiger partial charge < -0.3 is 15.0 Å². The van der Waals surface area contributed by atoms with Crippen LogP contribution < -0.4 is 5.32 Å². The van der Waals surface area contributed by atoms with Gasteiger partial charge in [-0.1, -0.05) is 6.92 Å². The van der Waals surface area contributed by atoms with Crippen molar-refractivity contribution in [3.05, 3.63) is 0 Å². The van der Waals surface area contributed by atoms with Crippen LogP contribution >= 0.6 is 0 Å². The molecule has 0 aliphatic carbocycles. The van der Waals surface area contributed by atoms with Gasteiger partial charge in [-0.2, -0.15) is 0 Å². The monoisotopic (exact) mass is 311 g/mol. The Morgan fingerprint density at radius 1 is 1.36 bits per heavy atom. The van der Waals surface area contributed by atoms with Crippen molar-refractivity contribution in [2.75, 3.05) is 32.7 Å². The Hall–Kier alpha value is -1.30. The van der Waals surface area contributed by atoms with Crippen molar-refractivity contribution < 1.29 is 14.3 Å². The van der Waals surface area contributed by atoms with Crippen molar-refractivity contribution in [1.29, 1.82) is 0 Å². The highest BCUT2D eigenvalue weighted by Crippen LogP contribution is 2.23. The molecule has 0 aromatic heterocycles. The highest BCUT2D eigenvalue weighted by atomic mass is 16.6. The summed E-state index contributed by atoms with van der Waals surface area (Å²) in [4.78, 5) is 27.7. The summed E-state index contributed by atoms with van der Waals surface area (Å²) in [5, 5.41) is 2.92. The number of carbonyl (C=O) groups is 2. The molecule has 2 amide bonds. The van der Waals surface area contributed by atoms with Crippen LogP contribution in [0.25, 0.3) is 0 Å². The van der Waals surface area contributed by atoms with Gasteiger partial charge >= 0.3 is 6.09 Å². The molecule has 6 heteroatoms. The molecule has 0 saturated carbocycles. The first kappa shape index (κ1) is 17.1. The van der Waals surface area contributed by atoms with E-state index in [9.17, 15) is 9.59 Å². The van der Waals surface area contributed by atoms with Crippen molar-refractivity contribution in [2.45, 2.75) is 52.2 Å². The summed E-state index contributed by atoms with van der Waals surface area (Å²) in [6, 6.07) is 0.00999. The average Bonchev–Trinajstić information content (AvgIpc) is 2.34. The van der Waals surface area contributed by atoms with Gasteiger partial charge in [0.15, 0.2) is 0 Å². The second-order valence-electron chi connectivity index (χ2n) is 7.29. The van der Waals surface area contributed by atoms with E-state index < -0.39 is 5.60 Å². The minimum atomic E-state index is -0.433. The van der Waals surface area contributed by atoms with E-state index in [1.54, 1.807) is 4.90 Å². The zero-order chi connectivity index (χ0) is 16.3. The molecule has 0 bridgehead atoms. The summed E-state index contributed by atoms with van der Waals surface area (Å²) in [6.07, 6.45) is 1.66. The highest BCUT2D eigenvalue weighted by Gasteiger charge is 2.35. The minimum absolute atomic E-state index is 0.00999. The summed E-state index contributed by atoms with van der Waals surface area (Å²) >= 11 is 0. The maximum Gasteiger partial charge on any atom is 0.410 e. The quantitative estimate of drug-likeness (QED) is 0.854. The van der Waals surface area contributed by atoms with E-state index in [4.69, 9.17) is 4.74 Å². The van der Waals surface area contributed by atoms with Crippen molar-refractivity contribution in [3.8, 4) is 0 Å². The van der Waals surface area contributed by atoms with E-state index in [-0.39, 0.29) is 18.0 Å². The molecule has 1 atom stereocenters. The molecule has 0 aromatic rings. The molecule has 1 N–H and O–H groups in total. The number of likely N-dealkylation sites (tertiary alicyclic amines) is 1. The molecular weight excluding hydrogens is 282 g/mol. The van der Waals surface area contributed by atoms with Crippen LogP contribution in [0, 0.1) is 5.92 Å². The fraction of sp³-hybridized carbons (Fsp3) is 0.875. The van der Waals surface area contributed by atoms with Crippen LogP contribution in [0.4, 0.5) is 4.79 Å². The lowest BCUT2D eigenvalue weighted by atomic mass is 9.96. The third-order valence-corrected chi connectivity index (χ3v) is 4.26. The Kier molecular flexibility index (Phi) is 5.32. The van der Waals surface area contributed by atoms with Gasteiger partial charge in [0.05, 0.1) is 6.04 Å². The molecular formula is C16H29N3O3. The lowest BCUT2D eigenvalue weighted by Crippen LogP contribution is -2.56. The topological polar surface area (TPSA) is 61.9 Å². The second kappa shape index (κ2) is 6.86. The van der Waals surface area contributed by atoms with Crippen LogP contribution in [-0.4, -0.2) is 66.2 Å². The first-order valence-electron chi connectivity index (χ1n) is 8.30. The minimum Gasteiger partial charge on any atom is -0.444 e. The van der Waals surface area contributed by atoms with Crippen LogP contribution in [0.3, 0.4) is 0 Å². The molecule has 2 rings (SSSR count). The Labute approximate surface area is 133 Å². The van der Waals surface area contributed by atoms with E-state index in [1.165, 1.54) is 0 Å². The zero-order valence-electron chi connectivity index (χ0n) is 14.2. The number of rotatable bonds is 4. The van der Waals surface area contributed by atoms with Gasteiger partial charge in [0.25, 0.3) is 0 Å². The Morgan fingerprint density at radius 3 is 2.64 bits per heavy atom. The number of hydrogen-bond donors (Lipinski definition) is 1. The first-order chi connectivity index (χ1) is 10.3. The highest BCUT2D eigenvalue weighted by molar-refractivity contribution is 5.82. The molecule has 2 aliphatic rings. The van der Waals surface area contributed by atoms with Gasteiger partial charge in [-0.05, 0) is 46.1 Å². The van der Waals surface area contributed by atoms with Crippen molar-refractivity contribution in [2.24, 2.45) is 5.92 Å². The molecule has 0 spiro atoms. The number of ether oxygens (including phenoxy) is 1. The third kappa shape index (κ3) is 4.35. The fourth-order valence-corrected chi connectivity index (χ4v) is 3.05. The van der Waals surface area contributed by atoms with Gasteiger partial charge in [-0.25, -0.2) is 4.79 Å². The number of nitrogens with zero attached hydrogens (tertiary/aromatic N) is 2. The summed E-state index contributed by atoms with van der Waals surface area (Å²) in [5.41, 5.74) is -0.433. The Morgan fingerprint density at radius 2 is 2.05 bits per heavy atom. The summed E-state index contributed by atoms with van der Waals surface area (Å²) < 4.78 is 5.36. The summed E-state index contributed by atoms with van der Waals surface area (Å²) in [7, 11) is 0. The van der Waals surface area contributed by atoms with Crippen LogP contribution in [0.2, 0.25) is 0 Å². The van der Waals surface area contributed by atoms with Gasteiger partial charge in [-0.3, -0.25) is 9.69 Å². The largest absolute Gasteiger partial charge is 0.444 e. The van der Waals surface area contributed by atoms with E-state index in [1.807, 2.05) is 20.8 Å². The van der Waals surface area contributed by atoms with Crippen molar-refractivity contribution >= 4 is 12.0 Å². The number of carbonyl (C=O) groups excluding carboxylic acids is 2. The van der Waals surface area contributed by atoms with Crippen molar-refractivity contribution in [1.82, 2.24) is 15.1 Å². The lowest BCUT2D eigenvalue weighted by molar-refractivity contribution is -0.129. The molecule has 0 radical (unpaired) electrons. The van der Waals surface area contributed by atoms with Crippen LogP contribution in [0.5, 0.6) is 0 Å². The van der Waals surface area contributed by atoms with E-state index in [0.29, 0.717) is 5.92 Å². The van der Waals surface area contributed by atoms with Gasteiger partial charge in [0.2, 0.25) is 5.91 Å². The number of hydrogen-bond acceptors (Lipinski definition) is 4. The molecule has 1 unspecified atom stereocenters. The number of piperazine rings is 1. The summed E-state index contributed by atoms with van der Waals surface area (Å²) in [5.74, 6) is 0.674. The standard InChI is InChI=1S/C16H29N3O3/c1-5-13-14(20)17-7-9-18(13)8-6-12-10-19(11-12)15(21)22-16(2,3)4/h12-13H,5-11H2,1-4H3,(H,17,20). The summed E-state index contributed by atoms with van der Waals surface area (Å²) in [6.45, 7) is 11.8. The van der Waals surface area contributed by atoms with Gasteiger partial charge in [0.1, 0.15) is 5.60 Å². The molecule has 2 aliphatic heterocycles. The van der Waals surface area contributed by atoms with Gasteiger partial charge in [-0.15, -0.1) is 0 Å². The molecule has 2 saturated heterocycles. The lowest BCUT2D eigenvalue weighted by Gasteiger charge is -2.41. The normalized spacial score (nSPS) is 23.9. The first-order valence-corrected chi connectivity index (χ1v) is 8.30. The molecule has 2 fully saturated rings. The van der Waals surface area contributed by atoms with Crippen molar-refractivity contribution in [3.63, 3.8) is 0 Å². The smallest absolute Gasteiger partial charge is 0.410 e. The predicted molar refractivity (Wildman–Crippen MR) is 84.6 cm³/mol. The molecule has 126 valence electrons. The van der Waals surface area contributed by atoms with Crippen LogP contribution in [0.15, 0.2) is 0 Å². The van der Waals surface area contributed by atoms with Crippen LogP contribution in [0.1, 0.15) is 40.5 Å². The molecule has 22 heavy (non-hydrogen) atoms. The van der Waals surface area contributed by atoms with Crippen LogP contribution in [-0.2, 0) is 9.53 Å².